The van der Waals surface area contributed by atoms with E-state index in [1.807, 2.05) is 24.3 Å². The fourth-order valence-electron chi connectivity index (χ4n) is 2.12. The van der Waals surface area contributed by atoms with Crippen LogP contribution in [0.4, 0.5) is 0 Å². The van der Waals surface area contributed by atoms with E-state index in [9.17, 15) is 4.79 Å². The average Bonchev–Trinajstić information content (AvgIpc) is 3.27. The SMILES string of the molecule is CCCCCCOC(=O)C1OC1c1ccc(OC)cc1. The molecule has 0 saturated carbocycles. The monoisotopic (exact) mass is 278 g/mol. The van der Waals surface area contributed by atoms with Crippen molar-refractivity contribution >= 4 is 5.97 Å². The van der Waals surface area contributed by atoms with Crippen LogP contribution in [-0.4, -0.2) is 25.8 Å². The van der Waals surface area contributed by atoms with Crippen molar-refractivity contribution in [3.63, 3.8) is 0 Å². The summed E-state index contributed by atoms with van der Waals surface area (Å²) in [5, 5.41) is 0. The summed E-state index contributed by atoms with van der Waals surface area (Å²) in [5.41, 5.74) is 0.985. The van der Waals surface area contributed by atoms with E-state index in [4.69, 9.17) is 14.2 Å². The molecular weight excluding hydrogens is 256 g/mol. The number of unbranched alkanes of at least 4 members (excludes halogenated alkanes) is 3. The number of hydrogen-bond donors (Lipinski definition) is 0. The largest absolute Gasteiger partial charge is 0.497 e. The van der Waals surface area contributed by atoms with Crippen LogP contribution in [0.15, 0.2) is 24.3 Å². The summed E-state index contributed by atoms with van der Waals surface area (Å²) in [6.45, 7) is 2.65. The third-order valence-electron chi connectivity index (χ3n) is 3.41. The molecule has 1 aliphatic heterocycles. The highest BCUT2D eigenvalue weighted by Crippen LogP contribution is 2.39. The van der Waals surface area contributed by atoms with Gasteiger partial charge < -0.3 is 14.2 Å². The molecular formula is C16H22O4. The number of methoxy groups -OCH3 is 1. The van der Waals surface area contributed by atoms with Crippen LogP contribution in [0.3, 0.4) is 0 Å². The second kappa shape index (κ2) is 7.29. The second-order valence-corrected chi connectivity index (χ2v) is 4.98. The molecule has 0 aliphatic carbocycles. The number of carbonyl (C=O) groups excluding carboxylic acids is 1. The number of rotatable bonds is 8. The molecule has 4 nitrogen and oxygen atoms in total. The molecule has 1 aliphatic rings. The van der Waals surface area contributed by atoms with Crippen molar-refractivity contribution < 1.29 is 19.0 Å². The summed E-state index contributed by atoms with van der Waals surface area (Å²) in [4.78, 5) is 11.8. The Morgan fingerprint density at radius 3 is 2.60 bits per heavy atom. The number of esters is 1. The maximum atomic E-state index is 11.8. The maximum Gasteiger partial charge on any atom is 0.338 e. The molecule has 1 saturated heterocycles. The van der Waals surface area contributed by atoms with E-state index in [1.54, 1.807) is 7.11 Å². The van der Waals surface area contributed by atoms with Gasteiger partial charge in [0.15, 0.2) is 6.10 Å². The normalized spacial score (nSPS) is 20.5. The van der Waals surface area contributed by atoms with Gasteiger partial charge in [-0.25, -0.2) is 4.79 Å². The lowest BCUT2D eigenvalue weighted by atomic mass is 10.1. The van der Waals surface area contributed by atoms with E-state index >= 15 is 0 Å². The summed E-state index contributed by atoms with van der Waals surface area (Å²) in [7, 11) is 1.63. The number of epoxide rings is 1. The van der Waals surface area contributed by atoms with Gasteiger partial charge in [0.25, 0.3) is 0 Å². The Balaban J connectivity index is 1.71. The number of carbonyl (C=O) groups is 1. The van der Waals surface area contributed by atoms with Gasteiger partial charge in [0, 0.05) is 0 Å². The molecule has 0 N–H and O–H groups in total. The van der Waals surface area contributed by atoms with Crippen LogP contribution in [0.1, 0.15) is 44.3 Å². The van der Waals surface area contributed by atoms with Crippen molar-refractivity contribution in [2.75, 3.05) is 13.7 Å². The van der Waals surface area contributed by atoms with Gasteiger partial charge >= 0.3 is 5.97 Å². The van der Waals surface area contributed by atoms with Crippen LogP contribution in [0.2, 0.25) is 0 Å². The van der Waals surface area contributed by atoms with Crippen molar-refractivity contribution in [2.45, 2.75) is 44.8 Å². The van der Waals surface area contributed by atoms with Gasteiger partial charge in [0.1, 0.15) is 11.9 Å². The van der Waals surface area contributed by atoms with Gasteiger partial charge in [-0.15, -0.1) is 0 Å². The van der Waals surface area contributed by atoms with Crippen LogP contribution in [0.25, 0.3) is 0 Å². The zero-order valence-corrected chi connectivity index (χ0v) is 12.1. The minimum atomic E-state index is -0.436. The molecule has 20 heavy (non-hydrogen) atoms. The molecule has 2 unspecified atom stereocenters. The van der Waals surface area contributed by atoms with Crippen molar-refractivity contribution in [1.82, 2.24) is 0 Å². The predicted molar refractivity (Wildman–Crippen MR) is 75.7 cm³/mol. The van der Waals surface area contributed by atoms with E-state index in [0.717, 1.165) is 24.2 Å². The van der Waals surface area contributed by atoms with Gasteiger partial charge in [-0.05, 0) is 24.1 Å². The van der Waals surface area contributed by atoms with Crippen LogP contribution >= 0.6 is 0 Å². The first-order valence-corrected chi connectivity index (χ1v) is 7.22. The van der Waals surface area contributed by atoms with Crippen molar-refractivity contribution in [3.05, 3.63) is 29.8 Å². The molecule has 0 spiro atoms. The summed E-state index contributed by atoms with van der Waals surface area (Å²) >= 11 is 0. The van der Waals surface area contributed by atoms with Crippen LogP contribution < -0.4 is 4.74 Å². The fourth-order valence-corrected chi connectivity index (χ4v) is 2.12. The lowest BCUT2D eigenvalue weighted by Gasteiger charge is -2.03. The quantitative estimate of drug-likeness (QED) is 0.416. The van der Waals surface area contributed by atoms with E-state index in [0.29, 0.717) is 6.61 Å². The molecule has 1 fully saturated rings. The summed E-state index contributed by atoms with van der Waals surface area (Å²) in [5.74, 6) is 0.548. The van der Waals surface area contributed by atoms with Crippen LogP contribution in [-0.2, 0) is 14.3 Å². The highest BCUT2D eigenvalue weighted by molar-refractivity contribution is 5.78. The van der Waals surface area contributed by atoms with Gasteiger partial charge in [-0.2, -0.15) is 0 Å². The first-order chi connectivity index (χ1) is 9.76. The van der Waals surface area contributed by atoms with E-state index in [-0.39, 0.29) is 12.1 Å². The Morgan fingerprint density at radius 1 is 1.20 bits per heavy atom. The molecule has 0 amide bonds. The zero-order valence-electron chi connectivity index (χ0n) is 12.1. The minimum absolute atomic E-state index is 0.163. The molecule has 2 atom stereocenters. The van der Waals surface area contributed by atoms with Gasteiger partial charge in [-0.1, -0.05) is 38.3 Å². The third kappa shape index (κ3) is 3.97. The van der Waals surface area contributed by atoms with E-state index in [2.05, 4.69) is 6.92 Å². The molecule has 0 bridgehead atoms. The van der Waals surface area contributed by atoms with Crippen molar-refractivity contribution in [2.24, 2.45) is 0 Å². The van der Waals surface area contributed by atoms with Gasteiger partial charge in [0.05, 0.1) is 13.7 Å². The molecule has 0 radical (unpaired) electrons. The first kappa shape index (κ1) is 14.9. The third-order valence-corrected chi connectivity index (χ3v) is 3.41. The Kier molecular flexibility index (Phi) is 5.41. The lowest BCUT2D eigenvalue weighted by molar-refractivity contribution is -0.145. The molecule has 4 heteroatoms. The van der Waals surface area contributed by atoms with E-state index in [1.165, 1.54) is 12.8 Å². The topological polar surface area (TPSA) is 48.1 Å². The number of ether oxygens (including phenoxy) is 3. The Bertz CT molecular complexity index is 427. The van der Waals surface area contributed by atoms with Crippen LogP contribution in [0.5, 0.6) is 5.75 Å². The molecule has 0 aromatic heterocycles. The Labute approximate surface area is 120 Å². The number of benzene rings is 1. The predicted octanol–water partition coefficient (Wildman–Crippen LogP) is 3.26. The molecule has 1 aromatic carbocycles. The fraction of sp³-hybridized carbons (Fsp3) is 0.562. The smallest absolute Gasteiger partial charge is 0.338 e. The Morgan fingerprint density at radius 2 is 1.95 bits per heavy atom. The molecule has 2 rings (SSSR count). The maximum absolute atomic E-state index is 11.8. The van der Waals surface area contributed by atoms with Gasteiger partial charge in [0.2, 0.25) is 0 Å². The average molecular weight is 278 g/mol. The van der Waals surface area contributed by atoms with Gasteiger partial charge in [-0.3, -0.25) is 0 Å². The summed E-state index contributed by atoms with van der Waals surface area (Å²) in [6, 6.07) is 7.56. The van der Waals surface area contributed by atoms with Crippen molar-refractivity contribution in [1.29, 1.82) is 0 Å². The second-order valence-electron chi connectivity index (χ2n) is 4.98. The van der Waals surface area contributed by atoms with E-state index < -0.39 is 6.10 Å². The van der Waals surface area contributed by atoms with Crippen LogP contribution in [0, 0.1) is 0 Å². The highest BCUT2D eigenvalue weighted by Gasteiger charge is 2.47. The molecule has 1 heterocycles. The summed E-state index contributed by atoms with van der Waals surface area (Å²) < 4.78 is 15.7. The van der Waals surface area contributed by atoms with Crippen molar-refractivity contribution in [3.8, 4) is 5.75 Å². The molecule has 110 valence electrons. The lowest BCUT2D eigenvalue weighted by Crippen LogP contribution is -2.13. The zero-order chi connectivity index (χ0) is 14.4. The first-order valence-electron chi connectivity index (χ1n) is 7.22. The number of hydrogen-bond acceptors (Lipinski definition) is 4. The summed E-state index contributed by atoms with van der Waals surface area (Å²) in [6.07, 6.45) is 3.81. The Hall–Kier alpha value is -1.55. The molecule has 1 aromatic rings. The highest BCUT2D eigenvalue weighted by atomic mass is 16.6. The standard InChI is InChI=1S/C16H22O4/c1-3-4-5-6-11-19-16(17)15-14(20-15)12-7-9-13(18-2)10-8-12/h7-10,14-15H,3-6,11H2,1-2H3. The minimum Gasteiger partial charge on any atom is -0.497 e.